The van der Waals surface area contributed by atoms with Crippen molar-refractivity contribution in [3.63, 3.8) is 0 Å². The molecule has 3 aromatic rings. The lowest BCUT2D eigenvalue weighted by Gasteiger charge is -2.09. The van der Waals surface area contributed by atoms with Crippen molar-refractivity contribution in [3.05, 3.63) is 75.1 Å². The monoisotopic (exact) mass is 378 g/mol. The molecule has 27 heavy (non-hydrogen) atoms. The van der Waals surface area contributed by atoms with Crippen molar-refractivity contribution >= 4 is 27.5 Å². The van der Waals surface area contributed by atoms with Gasteiger partial charge in [-0.2, -0.15) is 4.99 Å². The van der Waals surface area contributed by atoms with E-state index in [9.17, 15) is 4.79 Å². The number of carbonyl (C=O) groups excluding carboxylic acids is 1. The average Bonchev–Trinajstić information content (AvgIpc) is 2.88. The van der Waals surface area contributed by atoms with Crippen LogP contribution in [-0.4, -0.2) is 10.5 Å². The Morgan fingerprint density at radius 2 is 1.67 bits per heavy atom. The number of allylic oxidation sites excluding steroid dienone is 1. The summed E-state index contributed by atoms with van der Waals surface area (Å²) in [7, 11) is 0. The highest BCUT2D eigenvalue weighted by molar-refractivity contribution is 7.16. The van der Waals surface area contributed by atoms with Crippen molar-refractivity contribution in [2.45, 2.75) is 47.6 Å². The maximum atomic E-state index is 12.7. The molecular weight excluding hydrogens is 352 g/mol. The van der Waals surface area contributed by atoms with Crippen LogP contribution in [0.2, 0.25) is 0 Å². The van der Waals surface area contributed by atoms with Crippen molar-refractivity contribution in [2.75, 3.05) is 0 Å². The van der Waals surface area contributed by atoms with Gasteiger partial charge in [0.2, 0.25) is 0 Å². The number of rotatable bonds is 4. The van der Waals surface area contributed by atoms with Crippen LogP contribution in [0.1, 0.15) is 33.4 Å². The van der Waals surface area contributed by atoms with Gasteiger partial charge in [-0.25, -0.2) is 0 Å². The number of carbonyl (C=O) groups is 1. The van der Waals surface area contributed by atoms with E-state index in [4.69, 9.17) is 0 Å². The van der Waals surface area contributed by atoms with E-state index in [-0.39, 0.29) is 5.91 Å². The maximum Gasteiger partial charge on any atom is 0.252 e. The van der Waals surface area contributed by atoms with Gasteiger partial charge < -0.3 is 4.57 Å². The molecule has 3 nitrogen and oxygen atoms in total. The summed E-state index contributed by atoms with van der Waals surface area (Å²) < 4.78 is 3.22. The van der Waals surface area contributed by atoms with Crippen LogP contribution in [0, 0.1) is 34.6 Å². The van der Waals surface area contributed by atoms with Crippen molar-refractivity contribution in [2.24, 2.45) is 4.99 Å². The lowest BCUT2D eigenvalue weighted by Crippen LogP contribution is -2.17. The molecule has 0 fully saturated rings. The van der Waals surface area contributed by atoms with Gasteiger partial charge in [0.05, 0.1) is 16.6 Å². The predicted octanol–water partition coefficient (Wildman–Crippen LogP) is 5.10. The second-order valence-electron chi connectivity index (χ2n) is 7.25. The summed E-state index contributed by atoms with van der Waals surface area (Å²) in [6.07, 6.45) is 2.18. The third kappa shape index (κ3) is 3.96. The molecule has 0 spiro atoms. The highest BCUT2D eigenvalue weighted by atomic mass is 32.1. The predicted molar refractivity (Wildman–Crippen MR) is 114 cm³/mol. The fourth-order valence-electron chi connectivity index (χ4n) is 3.50. The molecule has 0 aliphatic heterocycles. The van der Waals surface area contributed by atoms with Gasteiger partial charge in [0, 0.05) is 6.54 Å². The molecule has 1 aromatic heterocycles. The molecule has 0 unspecified atom stereocenters. The minimum absolute atomic E-state index is 0.108. The van der Waals surface area contributed by atoms with Crippen LogP contribution >= 0.6 is 11.3 Å². The number of hydrogen-bond donors (Lipinski definition) is 0. The van der Waals surface area contributed by atoms with Gasteiger partial charge in [-0.3, -0.25) is 4.79 Å². The zero-order valence-corrected chi connectivity index (χ0v) is 17.5. The van der Waals surface area contributed by atoms with Crippen LogP contribution in [0.15, 0.2) is 41.9 Å². The molecule has 1 heterocycles. The number of nitrogens with zero attached hydrogens (tertiary/aromatic N) is 2. The second-order valence-corrected chi connectivity index (χ2v) is 8.26. The maximum absolute atomic E-state index is 12.7. The van der Waals surface area contributed by atoms with Gasteiger partial charge in [0.15, 0.2) is 4.80 Å². The Balaban J connectivity index is 2.06. The SMILES string of the molecule is C=CCn1c(=NC(=O)Cc2c(C)cc(C)cc2C)sc2cc(C)c(C)cc21. The summed E-state index contributed by atoms with van der Waals surface area (Å²) in [6.45, 7) is 14.9. The highest BCUT2D eigenvalue weighted by Gasteiger charge is 2.12. The Morgan fingerprint density at radius 3 is 2.30 bits per heavy atom. The van der Waals surface area contributed by atoms with Crippen molar-refractivity contribution in [1.29, 1.82) is 0 Å². The Bertz CT molecular complexity index is 1090. The number of fused-ring (bicyclic) bond motifs is 1. The van der Waals surface area contributed by atoms with E-state index >= 15 is 0 Å². The molecule has 0 aliphatic carbocycles. The molecule has 0 saturated heterocycles. The van der Waals surface area contributed by atoms with Gasteiger partial charge in [-0.05, 0) is 74.6 Å². The fraction of sp³-hybridized carbons (Fsp3) is 0.304. The lowest BCUT2D eigenvalue weighted by molar-refractivity contribution is -0.117. The summed E-state index contributed by atoms with van der Waals surface area (Å²) >= 11 is 1.56. The zero-order chi connectivity index (χ0) is 19.7. The Labute approximate surface area is 164 Å². The van der Waals surface area contributed by atoms with E-state index in [2.05, 4.69) is 75.0 Å². The number of amides is 1. The van der Waals surface area contributed by atoms with Crippen LogP contribution in [0.4, 0.5) is 0 Å². The molecule has 3 rings (SSSR count). The molecular formula is C23H26N2OS. The van der Waals surface area contributed by atoms with E-state index in [0.29, 0.717) is 13.0 Å². The summed E-state index contributed by atoms with van der Waals surface area (Å²) in [4.78, 5) is 17.9. The van der Waals surface area contributed by atoms with Gasteiger partial charge in [0.1, 0.15) is 0 Å². The van der Waals surface area contributed by atoms with Gasteiger partial charge in [-0.1, -0.05) is 35.1 Å². The van der Waals surface area contributed by atoms with Crippen molar-refractivity contribution in [3.8, 4) is 0 Å². The molecule has 1 amide bonds. The molecule has 0 radical (unpaired) electrons. The summed E-state index contributed by atoms with van der Waals surface area (Å²) in [6, 6.07) is 8.59. The molecule has 140 valence electrons. The zero-order valence-electron chi connectivity index (χ0n) is 16.7. The quantitative estimate of drug-likeness (QED) is 0.582. The molecule has 0 saturated carbocycles. The first kappa shape index (κ1) is 19.3. The minimum atomic E-state index is -0.108. The highest BCUT2D eigenvalue weighted by Crippen LogP contribution is 2.22. The number of aromatic nitrogens is 1. The minimum Gasteiger partial charge on any atom is -0.312 e. The average molecular weight is 379 g/mol. The normalized spacial score (nSPS) is 12.0. The van der Waals surface area contributed by atoms with Crippen LogP contribution in [0.3, 0.4) is 0 Å². The van der Waals surface area contributed by atoms with E-state index < -0.39 is 0 Å². The van der Waals surface area contributed by atoms with E-state index in [1.807, 2.05) is 6.08 Å². The van der Waals surface area contributed by atoms with Crippen molar-refractivity contribution in [1.82, 2.24) is 4.57 Å². The smallest absolute Gasteiger partial charge is 0.252 e. The summed E-state index contributed by atoms with van der Waals surface area (Å²) in [5.41, 5.74) is 8.20. The van der Waals surface area contributed by atoms with E-state index in [1.165, 1.54) is 16.7 Å². The van der Waals surface area contributed by atoms with Crippen LogP contribution < -0.4 is 4.80 Å². The van der Waals surface area contributed by atoms with Gasteiger partial charge in [0.25, 0.3) is 5.91 Å². The van der Waals surface area contributed by atoms with E-state index in [0.717, 1.165) is 31.7 Å². The molecule has 0 aliphatic rings. The first-order chi connectivity index (χ1) is 12.8. The fourth-order valence-corrected chi connectivity index (χ4v) is 4.64. The molecule has 0 bridgehead atoms. The first-order valence-corrected chi connectivity index (χ1v) is 9.97. The van der Waals surface area contributed by atoms with Crippen LogP contribution in [0.5, 0.6) is 0 Å². The second kappa shape index (κ2) is 7.65. The topological polar surface area (TPSA) is 34.4 Å². The molecule has 4 heteroatoms. The number of benzene rings is 2. The Kier molecular flexibility index (Phi) is 5.47. The van der Waals surface area contributed by atoms with E-state index in [1.54, 1.807) is 11.3 Å². The number of hydrogen-bond acceptors (Lipinski definition) is 2. The summed E-state index contributed by atoms with van der Waals surface area (Å²) in [5.74, 6) is -0.108. The van der Waals surface area contributed by atoms with Crippen LogP contribution in [0.25, 0.3) is 10.2 Å². The summed E-state index contributed by atoms with van der Waals surface area (Å²) in [5, 5.41) is 0. The molecule has 0 N–H and O–H groups in total. The molecule has 0 atom stereocenters. The van der Waals surface area contributed by atoms with Gasteiger partial charge in [-0.15, -0.1) is 6.58 Å². The Hall–Kier alpha value is -2.46. The Morgan fingerprint density at radius 1 is 1.04 bits per heavy atom. The third-order valence-electron chi connectivity index (χ3n) is 5.00. The molecule has 2 aromatic carbocycles. The van der Waals surface area contributed by atoms with Gasteiger partial charge >= 0.3 is 0 Å². The first-order valence-electron chi connectivity index (χ1n) is 9.16. The number of aryl methyl sites for hydroxylation is 5. The third-order valence-corrected chi connectivity index (χ3v) is 6.04. The van der Waals surface area contributed by atoms with Crippen LogP contribution in [-0.2, 0) is 17.8 Å². The lowest BCUT2D eigenvalue weighted by atomic mass is 9.97. The standard InChI is InChI=1S/C23H26N2OS/c1-7-8-25-20-11-15(3)16(4)12-21(20)27-23(25)24-22(26)13-19-17(5)9-14(2)10-18(19)6/h7,9-12H,1,8,13H2,2-6H3. The van der Waals surface area contributed by atoms with Crippen molar-refractivity contribution < 1.29 is 4.79 Å². The number of thiazole rings is 1. The largest absolute Gasteiger partial charge is 0.312 e.